The van der Waals surface area contributed by atoms with Crippen LogP contribution in [0.15, 0.2) is 47.2 Å². The second-order valence-corrected chi connectivity index (χ2v) is 7.52. The summed E-state index contributed by atoms with van der Waals surface area (Å²) in [7, 11) is 1.80. The molecule has 4 aromatic rings. The van der Waals surface area contributed by atoms with E-state index in [0.717, 1.165) is 31.3 Å². The molecule has 1 saturated heterocycles. The fourth-order valence-corrected chi connectivity index (χ4v) is 3.94. The van der Waals surface area contributed by atoms with E-state index in [-0.39, 0.29) is 17.5 Å². The predicted octanol–water partition coefficient (Wildman–Crippen LogP) is 2.56. The Kier molecular flexibility index (Phi) is 4.81. The monoisotopic (exact) mass is 421 g/mol. The van der Waals surface area contributed by atoms with Crippen LogP contribution in [0, 0.1) is 5.82 Å². The molecule has 1 amide bonds. The molecule has 4 heterocycles. The number of fused-ring (bicyclic) bond motifs is 1. The Labute approximate surface area is 176 Å². The number of carbonyl (C=O) groups is 1. The number of piperidine rings is 1. The van der Waals surface area contributed by atoms with Gasteiger partial charge in [0, 0.05) is 48.9 Å². The summed E-state index contributed by atoms with van der Waals surface area (Å²) in [4.78, 5) is 19.1. The number of nitrogens with one attached hydrogen (secondary N) is 1. The Morgan fingerprint density at radius 3 is 2.81 bits per heavy atom. The second-order valence-electron chi connectivity index (χ2n) is 7.52. The summed E-state index contributed by atoms with van der Waals surface area (Å²) in [6, 6.07) is 7.95. The van der Waals surface area contributed by atoms with Crippen LogP contribution >= 0.6 is 0 Å². The number of pyridine rings is 1. The number of furan rings is 1. The van der Waals surface area contributed by atoms with Crippen LogP contribution in [0.2, 0.25) is 0 Å². The molecule has 1 fully saturated rings. The van der Waals surface area contributed by atoms with E-state index in [1.807, 2.05) is 0 Å². The molecule has 158 valence electrons. The molecule has 1 N–H and O–H groups in total. The lowest BCUT2D eigenvalue weighted by molar-refractivity contribution is 0.0930. The third-order valence-corrected chi connectivity index (χ3v) is 5.58. The molecule has 31 heavy (non-hydrogen) atoms. The molecule has 1 aliphatic rings. The summed E-state index contributed by atoms with van der Waals surface area (Å²) >= 11 is 0. The van der Waals surface area contributed by atoms with Gasteiger partial charge in [0.2, 0.25) is 5.95 Å². The molecule has 0 atom stereocenters. The van der Waals surface area contributed by atoms with Crippen molar-refractivity contribution in [2.75, 3.05) is 18.0 Å². The first-order chi connectivity index (χ1) is 15.1. The van der Waals surface area contributed by atoms with Gasteiger partial charge in [-0.3, -0.25) is 9.78 Å². The smallest absolute Gasteiger partial charge is 0.251 e. The number of rotatable bonds is 4. The number of nitrogens with zero attached hydrogens (tertiary/aromatic N) is 6. The molecular formula is C21H20FN7O2. The molecule has 3 aromatic heterocycles. The van der Waals surface area contributed by atoms with Crippen LogP contribution in [0.3, 0.4) is 0 Å². The largest absolute Gasteiger partial charge is 0.464 e. The first-order valence-electron chi connectivity index (χ1n) is 10.0. The molecule has 0 bridgehead atoms. The average molecular weight is 421 g/mol. The van der Waals surface area contributed by atoms with Crippen molar-refractivity contribution in [3.8, 4) is 11.3 Å². The highest BCUT2D eigenvalue weighted by molar-refractivity contribution is 5.96. The standard InChI is InChI=1S/C21H20FN7O2/c1-28-21(25-26-27-28)29-9-5-14(6-10-29)24-20(30)13-2-3-15(17(22)12-13)19-16-7-11-31-18(16)4-8-23-19/h2-4,7-8,11-12,14H,5-6,9-10H2,1H3,(H,24,30). The minimum absolute atomic E-state index is 0.00835. The Hall–Kier alpha value is -3.82. The number of halogens is 1. The maximum Gasteiger partial charge on any atom is 0.251 e. The Bertz CT molecular complexity index is 1240. The third-order valence-electron chi connectivity index (χ3n) is 5.58. The number of aromatic nitrogens is 5. The highest BCUT2D eigenvalue weighted by Gasteiger charge is 2.24. The molecular weight excluding hydrogens is 401 g/mol. The maximum absolute atomic E-state index is 14.9. The fourth-order valence-electron chi connectivity index (χ4n) is 3.94. The molecule has 1 aliphatic heterocycles. The van der Waals surface area contributed by atoms with Crippen molar-refractivity contribution in [2.24, 2.45) is 7.05 Å². The van der Waals surface area contributed by atoms with Crippen molar-refractivity contribution < 1.29 is 13.6 Å². The van der Waals surface area contributed by atoms with Crippen molar-refractivity contribution in [3.05, 3.63) is 54.2 Å². The lowest BCUT2D eigenvalue weighted by Crippen LogP contribution is -2.45. The van der Waals surface area contributed by atoms with E-state index in [0.29, 0.717) is 22.8 Å². The summed E-state index contributed by atoms with van der Waals surface area (Å²) in [5.74, 6) is -0.0826. The lowest BCUT2D eigenvalue weighted by atomic mass is 10.0. The summed E-state index contributed by atoms with van der Waals surface area (Å²) in [5.41, 5.74) is 1.73. The van der Waals surface area contributed by atoms with Crippen molar-refractivity contribution in [1.29, 1.82) is 0 Å². The number of anilines is 1. The quantitative estimate of drug-likeness (QED) is 0.540. The van der Waals surface area contributed by atoms with Gasteiger partial charge in [-0.25, -0.2) is 9.07 Å². The van der Waals surface area contributed by atoms with Crippen LogP contribution in [-0.2, 0) is 7.05 Å². The molecule has 0 spiro atoms. The van der Waals surface area contributed by atoms with Crippen molar-refractivity contribution >= 4 is 22.8 Å². The van der Waals surface area contributed by atoms with Crippen LogP contribution in [0.4, 0.5) is 10.3 Å². The number of amides is 1. The Morgan fingerprint density at radius 1 is 1.23 bits per heavy atom. The topological polar surface area (TPSA) is 102 Å². The Balaban J connectivity index is 1.27. The van der Waals surface area contributed by atoms with E-state index < -0.39 is 5.82 Å². The van der Waals surface area contributed by atoms with E-state index in [1.165, 1.54) is 6.07 Å². The summed E-state index contributed by atoms with van der Waals surface area (Å²) < 4.78 is 21.9. The van der Waals surface area contributed by atoms with E-state index in [1.54, 1.807) is 48.5 Å². The van der Waals surface area contributed by atoms with Crippen LogP contribution in [0.25, 0.3) is 22.2 Å². The van der Waals surface area contributed by atoms with Crippen LogP contribution in [0.5, 0.6) is 0 Å². The van der Waals surface area contributed by atoms with E-state index in [9.17, 15) is 9.18 Å². The molecule has 10 heteroatoms. The van der Waals surface area contributed by atoms with E-state index >= 15 is 0 Å². The molecule has 0 aliphatic carbocycles. The van der Waals surface area contributed by atoms with Crippen LogP contribution in [0.1, 0.15) is 23.2 Å². The number of carbonyl (C=O) groups excluding carboxylic acids is 1. The number of benzene rings is 1. The van der Waals surface area contributed by atoms with Gasteiger partial charge in [-0.2, -0.15) is 0 Å². The van der Waals surface area contributed by atoms with Crippen molar-refractivity contribution in [1.82, 2.24) is 30.5 Å². The van der Waals surface area contributed by atoms with Crippen molar-refractivity contribution in [2.45, 2.75) is 18.9 Å². The van der Waals surface area contributed by atoms with Crippen LogP contribution in [-0.4, -0.2) is 50.2 Å². The number of aryl methyl sites for hydroxylation is 1. The van der Waals surface area contributed by atoms with Gasteiger partial charge in [-0.1, -0.05) is 5.10 Å². The van der Waals surface area contributed by atoms with E-state index in [2.05, 4.69) is 30.7 Å². The van der Waals surface area contributed by atoms with Gasteiger partial charge in [-0.05, 0) is 53.6 Å². The van der Waals surface area contributed by atoms with Gasteiger partial charge in [-0.15, -0.1) is 0 Å². The third kappa shape index (κ3) is 3.60. The number of tetrazole rings is 1. The highest BCUT2D eigenvalue weighted by atomic mass is 19.1. The van der Waals surface area contributed by atoms with Gasteiger partial charge in [0.25, 0.3) is 5.91 Å². The summed E-state index contributed by atoms with van der Waals surface area (Å²) in [6.07, 6.45) is 4.63. The average Bonchev–Trinajstić information content (AvgIpc) is 3.43. The summed E-state index contributed by atoms with van der Waals surface area (Å²) in [5, 5.41) is 15.3. The normalized spacial score (nSPS) is 14.8. The minimum atomic E-state index is -0.501. The van der Waals surface area contributed by atoms with Crippen LogP contribution < -0.4 is 10.2 Å². The molecule has 9 nitrogen and oxygen atoms in total. The lowest BCUT2D eigenvalue weighted by Gasteiger charge is -2.32. The van der Waals surface area contributed by atoms with Gasteiger partial charge in [0.15, 0.2) is 0 Å². The molecule has 0 unspecified atom stereocenters. The van der Waals surface area contributed by atoms with Gasteiger partial charge in [0.05, 0.1) is 12.0 Å². The second kappa shape index (κ2) is 7.78. The summed E-state index contributed by atoms with van der Waals surface area (Å²) in [6.45, 7) is 1.46. The predicted molar refractivity (Wildman–Crippen MR) is 111 cm³/mol. The fraction of sp³-hybridized carbons (Fsp3) is 0.286. The SMILES string of the molecule is Cn1nnnc1N1CCC(NC(=O)c2ccc(-c3nccc4occc34)c(F)c2)CC1. The van der Waals surface area contributed by atoms with Gasteiger partial charge in [0.1, 0.15) is 11.4 Å². The zero-order valence-corrected chi connectivity index (χ0v) is 16.8. The maximum atomic E-state index is 14.9. The molecule has 1 aromatic carbocycles. The van der Waals surface area contributed by atoms with Gasteiger partial charge < -0.3 is 14.6 Å². The molecule has 5 rings (SSSR count). The number of hydrogen-bond donors (Lipinski definition) is 1. The molecule has 0 saturated carbocycles. The molecule has 0 radical (unpaired) electrons. The highest BCUT2D eigenvalue weighted by Crippen LogP contribution is 2.29. The Morgan fingerprint density at radius 2 is 2.06 bits per heavy atom. The zero-order valence-electron chi connectivity index (χ0n) is 16.8. The number of hydrogen-bond acceptors (Lipinski definition) is 7. The minimum Gasteiger partial charge on any atom is -0.464 e. The first-order valence-corrected chi connectivity index (χ1v) is 10.0. The first kappa shape index (κ1) is 19.2. The van der Waals surface area contributed by atoms with Crippen molar-refractivity contribution in [3.63, 3.8) is 0 Å². The zero-order chi connectivity index (χ0) is 21.4. The van der Waals surface area contributed by atoms with E-state index in [4.69, 9.17) is 4.42 Å². The van der Waals surface area contributed by atoms with Gasteiger partial charge >= 0.3 is 0 Å².